The van der Waals surface area contributed by atoms with Crippen molar-refractivity contribution in [2.24, 2.45) is 0 Å². The van der Waals surface area contributed by atoms with Crippen molar-refractivity contribution in [1.29, 1.82) is 0 Å². The number of aliphatic carboxylic acids is 2. The Morgan fingerprint density at radius 3 is 2.27 bits per heavy atom. The van der Waals surface area contributed by atoms with Crippen molar-refractivity contribution in [3.05, 3.63) is 36.2 Å². The molecule has 142 valence electrons. The standard InChI is InChI=1S/C14H19N3O3.C2H2O4/c18-13(9-8-12-6-3-5-10-15-12)16-11-4-1-2-7-14(19)17-20;3-1(4)2(5)6/h3,5-6,8-10,20H,1-2,4,7,11H2,(H,16,18)(H,17,19);(H,3,4)(H,5,6). The molecule has 10 nitrogen and oxygen atoms in total. The monoisotopic (exact) mass is 367 g/mol. The number of rotatable bonds is 8. The molecule has 0 aliphatic rings. The molecule has 5 N–H and O–H groups in total. The second-order valence-corrected chi connectivity index (χ2v) is 4.83. The number of nitrogens with zero attached hydrogens (tertiary/aromatic N) is 1. The Morgan fingerprint density at radius 1 is 1.04 bits per heavy atom. The summed E-state index contributed by atoms with van der Waals surface area (Å²) >= 11 is 0. The van der Waals surface area contributed by atoms with Crippen molar-refractivity contribution in [2.75, 3.05) is 6.54 Å². The molecule has 1 rings (SSSR count). The molecule has 0 atom stereocenters. The number of carbonyl (C=O) groups is 4. The van der Waals surface area contributed by atoms with E-state index >= 15 is 0 Å². The van der Waals surface area contributed by atoms with E-state index < -0.39 is 11.9 Å². The van der Waals surface area contributed by atoms with Crippen LogP contribution in [-0.4, -0.2) is 50.7 Å². The van der Waals surface area contributed by atoms with Gasteiger partial charge in [-0.25, -0.2) is 15.1 Å². The van der Waals surface area contributed by atoms with Crippen LogP contribution in [0.1, 0.15) is 31.4 Å². The van der Waals surface area contributed by atoms with Gasteiger partial charge in [0.1, 0.15) is 0 Å². The molecule has 1 heterocycles. The van der Waals surface area contributed by atoms with Gasteiger partial charge in [-0.1, -0.05) is 12.5 Å². The van der Waals surface area contributed by atoms with Gasteiger partial charge in [-0.05, 0) is 31.1 Å². The van der Waals surface area contributed by atoms with Gasteiger partial charge in [0, 0.05) is 25.2 Å². The summed E-state index contributed by atoms with van der Waals surface area (Å²) in [5.74, 6) is -4.19. The molecule has 0 aromatic carbocycles. The summed E-state index contributed by atoms with van der Waals surface area (Å²) in [5, 5.41) is 25.8. The predicted octanol–water partition coefficient (Wildman–Crippen LogP) is 0.432. The van der Waals surface area contributed by atoms with E-state index in [1.807, 2.05) is 18.2 Å². The molecule has 0 saturated heterocycles. The Bertz CT molecular complexity index is 606. The fraction of sp³-hybridized carbons (Fsp3) is 0.312. The Hall–Kier alpha value is -3.27. The molecule has 10 heteroatoms. The molecule has 2 amide bonds. The largest absolute Gasteiger partial charge is 0.473 e. The smallest absolute Gasteiger partial charge is 0.414 e. The fourth-order valence-electron chi connectivity index (χ4n) is 1.55. The Balaban J connectivity index is 0.000000896. The molecule has 0 aliphatic carbocycles. The average Bonchev–Trinajstić information content (AvgIpc) is 2.63. The van der Waals surface area contributed by atoms with Crippen molar-refractivity contribution >= 4 is 29.8 Å². The van der Waals surface area contributed by atoms with Gasteiger partial charge in [-0.2, -0.15) is 0 Å². The number of hydrogen-bond donors (Lipinski definition) is 5. The minimum atomic E-state index is -1.82. The summed E-state index contributed by atoms with van der Waals surface area (Å²) in [5.41, 5.74) is 2.32. The number of carbonyl (C=O) groups excluding carboxylic acids is 2. The highest BCUT2D eigenvalue weighted by Gasteiger charge is 2.04. The maximum atomic E-state index is 11.5. The highest BCUT2D eigenvalue weighted by atomic mass is 16.5. The third-order valence-corrected chi connectivity index (χ3v) is 2.78. The lowest BCUT2D eigenvalue weighted by Crippen LogP contribution is -2.22. The summed E-state index contributed by atoms with van der Waals surface area (Å²) in [4.78, 5) is 44.5. The lowest BCUT2D eigenvalue weighted by atomic mass is 10.2. The van der Waals surface area contributed by atoms with Gasteiger partial charge in [0.25, 0.3) is 0 Å². The van der Waals surface area contributed by atoms with Crippen LogP contribution in [0.2, 0.25) is 0 Å². The number of nitrogens with one attached hydrogen (secondary N) is 2. The van der Waals surface area contributed by atoms with E-state index in [4.69, 9.17) is 25.0 Å². The minimum absolute atomic E-state index is 0.163. The highest BCUT2D eigenvalue weighted by Crippen LogP contribution is 1.99. The van der Waals surface area contributed by atoms with Crippen molar-refractivity contribution < 1.29 is 34.6 Å². The van der Waals surface area contributed by atoms with Crippen molar-refractivity contribution in [1.82, 2.24) is 15.8 Å². The molecule has 0 aliphatic heterocycles. The van der Waals surface area contributed by atoms with Crippen LogP contribution in [0, 0.1) is 0 Å². The Morgan fingerprint density at radius 2 is 1.73 bits per heavy atom. The zero-order chi connectivity index (χ0) is 19.8. The van der Waals surface area contributed by atoms with Crippen LogP contribution in [0.15, 0.2) is 30.5 Å². The van der Waals surface area contributed by atoms with Crippen LogP contribution in [0.3, 0.4) is 0 Å². The van der Waals surface area contributed by atoms with Crippen LogP contribution < -0.4 is 10.8 Å². The lowest BCUT2D eigenvalue weighted by molar-refractivity contribution is -0.159. The first kappa shape index (κ1) is 22.7. The number of hydrogen-bond acceptors (Lipinski definition) is 6. The molecule has 0 saturated carbocycles. The number of carboxylic acid groups (broad SMARTS) is 2. The van der Waals surface area contributed by atoms with E-state index in [0.29, 0.717) is 19.4 Å². The van der Waals surface area contributed by atoms with E-state index in [0.717, 1.165) is 18.5 Å². The zero-order valence-corrected chi connectivity index (χ0v) is 13.9. The molecule has 0 fully saturated rings. The number of pyridine rings is 1. The predicted molar refractivity (Wildman–Crippen MR) is 89.9 cm³/mol. The van der Waals surface area contributed by atoms with Crippen LogP contribution in [0.4, 0.5) is 0 Å². The van der Waals surface area contributed by atoms with Gasteiger partial charge in [0.2, 0.25) is 11.8 Å². The van der Waals surface area contributed by atoms with Crippen LogP contribution >= 0.6 is 0 Å². The molecular formula is C16H21N3O7. The topological polar surface area (TPSA) is 166 Å². The fourth-order valence-corrected chi connectivity index (χ4v) is 1.55. The first-order chi connectivity index (χ1) is 12.4. The second kappa shape index (κ2) is 14.1. The van der Waals surface area contributed by atoms with Crippen molar-refractivity contribution in [3.8, 4) is 0 Å². The minimum Gasteiger partial charge on any atom is -0.473 e. The van der Waals surface area contributed by atoms with E-state index in [2.05, 4.69) is 10.3 Å². The average molecular weight is 367 g/mol. The van der Waals surface area contributed by atoms with Crippen LogP contribution in [0.25, 0.3) is 6.08 Å². The number of aromatic nitrogens is 1. The van der Waals surface area contributed by atoms with Gasteiger partial charge < -0.3 is 15.5 Å². The third-order valence-electron chi connectivity index (χ3n) is 2.78. The molecule has 26 heavy (non-hydrogen) atoms. The van der Waals surface area contributed by atoms with Gasteiger partial charge in [-0.3, -0.25) is 19.8 Å². The number of unbranched alkanes of at least 4 members (excludes halogenated alkanes) is 2. The molecule has 1 aromatic rings. The normalized spacial score (nSPS) is 9.73. The van der Waals surface area contributed by atoms with Crippen molar-refractivity contribution in [3.63, 3.8) is 0 Å². The number of carboxylic acids is 2. The summed E-state index contributed by atoms with van der Waals surface area (Å²) in [6.45, 7) is 0.562. The Kier molecular flexibility index (Phi) is 12.3. The van der Waals surface area contributed by atoms with Crippen molar-refractivity contribution in [2.45, 2.75) is 25.7 Å². The van der Waals surface area contributed by atoms with Crippen LogP contribution in [0.5, 0.6) is 0 Å². The van der Waals surface area contributed by atoms with Gasteiger partial charge in [0.15, 0.2) is 0 Å². The molecule has 1 aromatic heterocycles. The third kappa shape index (κ3) is 13.2. The molecule has 0 spiro atoms. The highest BCUT2D eigenvalue weighted by molar-refractivity contribution is 6.27. The van der Waals surface area contributed by atoms with Gasteiger partial charge >= 0.3 is 11.9 Å². The molecule has 0 unspecified atom stereocenters. The maximum absolute atomic E-state index is 11.5. The van der Waals surface area contributed by atoms with Gasteiger partial charge in [0.05, 0.1) is 5.69 Å². The lowest BCUT2D eigenvalue weighted by Gasteiger charge is -2.02. The first-order valence-corrected chi connectivity index (χ1v) is 7.63. The van der Waals surface area contributed by atoms with E-state index in [-0.39, 0.29) is 11.8 Å². The molecule has 0 bridgehead atoms. The van der Waals surface area contributed by atoms with Crippen LogP contribution in [-0.2, 0) is 19.2 Å². The summed E-state index contributed by atoms with van der Waals surface area (Å²) in [6, 6.07) is 5.48. The van der Waals surface area contributed by atoms with Gasteiger partial charge in [-0.15, -0.1) is 0 Å². The molecular weight excluding hydrogens is 346 g/mol. The first-order valence-electron chi connectivity index (χ1n) is 7.63. The summed E-state index contributed by atoms with van der Waals surface area (Å²) in [7, 11) is 0. The second-order valence-electron chi connectivity index (χ2n) is 4.83. The SMILES string of the molecule is O=C(C=Cc1ccccn1)NCCCCCC(=O)NO.O=C(O)C(=O)O. The number of amides is 2. The zero-order valence-electron chi connectivity index (χ0n) is 13.9. The quantitative estimate of drug-likeness (QED) is 0.145. The summed E-state index contributed by atoms with van der Waals surface area (Å²) in [6.07, 6.45) is 7.36. The van der Waals surface area contributed by atoms with E-state index in [9.17, 15) is 9.59 Å². The molecule has 0 radical (unpaired) electrons. The summed E-state index contributed by atoms with van der Waals surface area (Å²) < 4.78 is 0. The van der Waals surface area contributed by atoms with E-state index in [1.165, 1.54) is 6.08 Å². The maximum Gasteiger partial charge on any atom is 0.414 e. The van der Waals surface area contributed by atoms with E-state index in [1.54, 1.807) is 17.8 Å². The Labute approximate surface area is 149 Å². The number of hydroxylamine groups is 1.